The van der Waals surface area contributed by atoms with Crippen molar-refractivity contribution in [1.82, 2.24) is 0 Å². The molecule has 0 bridgehead atoms. The first-order valence-corrected chi connectivity index (χ1v) is 17.7. The van der Waals surface area contributed by atoms with Crippen molar-refractivity contribution >= 4 is 34.1 Å². The van der Waals surface area contributed by atoms with E-state index in [2.05, 4.69) is 207 Å². The van der Waals surface area contributed by atoms with Crippen LogP contribution >= 0.6 is 0 Å². The van der Waals surface area contributed by atoms with Gasteiger partial charge in [-0.1, -0.05) is 135 Å². The summed E-state index contributed by atoms with van der Waals surface area (Å²) in [5, 5.41) is 0. The normalized spacial score (nSPS) is 11.0. The molecule has 7 aromatic rings. The summed E-state index contributed by atoms with van der Waals surface area (Å²) in [6.45, 7) is 8.88. The summed E-state index contributed by atoms with van der Waals surface area (Å²) in [5.74, 6) is 0. The molecule has 0 saturated heterocycles. The lowest BCUT2D eigenvalue weighted by molar-refractivity contribution is 1.10. The van der Waals surface area contributed by atoms with E-state index in [-0.39, 0.29) is 0 Å². The molecule has 0 spiro atoms. The lowest BCUT2D eigenvalue weighted by Crippen LogP contribution is -2.13. The summed E-state index contributed by atoms with van der Waals surface area (Å²) in [6.07, 6.45) is 1.95. The van der Waals surface area contributed by atoms with Crippen LogP contribution in [0.4, 0.5) is 34.1 Å². The highest BCUT2D eigenvalue weighted by Crippen LogP contribution is 2.41. The molecule has 0 unspecified atom stereocenters. The maximum Gasteiger partial charge on any atom is 0.0522 e. The Hall–Kier alpha value is -5.86. The van der Waals surface area contributed by atoms with Gasteiger partial charge in [0, 0.05) is 22.7 Å². The molecule has 0 aliphatic carbocycles. The minimum absolute atomic E-state index is 0.977. The Bertz CT molecular complexity index is 2010. The Balaban J connectivity index is 1.16. The number of hydrogen-bond donors (Lipinski definition) is 0. The second-order valence-electron chi connectivity index (χ2n) is 12.9. The van der Waals surface area contributed by atoms with E-state index in [0.717, 1.165) is 35.6 Å². The third-order valence-corrected chi connectivity index (χ3v) is 9.68. The molecule has 0 amide bonds. The molecule has 7 rings (SSSR count). The summed E-state index contributed by atoms with van der Waals surface area (Å²) in [7, 11) is 0. The summed E-state index contributed by atoms with van der Waals surface area (Å²) in [5.41, 5.74) is 17.2. The highest BCUT2D eigenvalue weighted by molar-refractivity contribution is 5.83. The minimum Gasteiger partial charge on any atom is -0.310 e. The fourth-order valence-electron chi connectivity index (χ4n) is 7.08. The van der Waals surface area contributed by atoms with Crippen molar-refractivity contribution in [2.24, 2.45) is 0 Å². The lowest BCUT2D eigenvalue weighted by atomic mass is 9.99. The number of rotatable bonds is 10. The van der Waals surface area contributed by atoms with E-state index in [4.69, 9.17) is 0 Å². The quantitative estimate of drug-likeness (QED) is 0.146. The minimum atomic E-state index is 0.977. The van der Waals surface area contributed by atoms with Crippen LogP contribution in [0.5, 0.6) is 0 Å². The van der Waals surface area contributed by atoms with Crippen LogP contribution < -0.4 is 9.80 Å². The zero-order valence-electron chi connectivity index (χ0n) is 29.5. The molecule has 0 saturated carbocycles. The number of aryl methyl sites for hydroxylation is 4. The van der Waals surface area contributed by atoms with Gasteiger partial charge in [-0.25, -0.2) is 0 Å². The zero-order chi connectivity index (χ0) is 34.5. The largest absolute Gasteiger partial charge is 0.310 e. The summed E-state index contributed by atoms with van der Waals surface area (Å²) in [4.78, 5) is 4.79. The fourth-order valence-corrected chi connectivity index (χ4v) is 7.08. The Kier molecular flexibility index (Phi) is 9.62. The second-order valence-corrected chi connectivity index (χ2v) is 12.9. The van der Waals surface area contributed by atoms with Crippen molar-refractivity contribution in [3.63, 3.8) is 0 Å². The van der Waals surface area contributed by atoms with Crippen LogP contribution in [0, 0.1) is 13.8 Å². The molecule has 0 N–H and O–H groups in total. The van der Waals surface area contributed by atoms with Crippen LogP contribution in [0.25, 0.3) is 22.3 Å². The van der Waals surface area contributed by atoms with Gasteiger partial charge in [-0.2, -0.15) is 0 Å². The van der Waals surface area contributed by atoms with Gasteiger partial charge in [0.15, 0.2) is 0 Å². The maximum absolute atomic E-state index is 2.39. The number of hydrogen-bond acceptors (Lipinski definition) is 2. The molecular formula is C48H44N2. The van der Waals surface area contributed by atoms with Gasteiger partial charge in [-0.05, 0) is 120 Å². The highest BCUT2D eigenvalue weighted by Gasteiger charge is 2.19. The molecule has 0 atom stereocenters. The molecule has 2 heteroatoms. The van der Waals surface area contributed by atoms with Crippen molar-refractivity contribution < 1.29 is 0 Å². The molecule has 7 aromatic carbocycles. The van der Waals surface area contributed by atoms with Crippen molar-refractivity contribution in [2.45, 2.75) is 40.5 Å². The molecule has 0 aliphatic heterocycles. The molecule has 0 fully saturated rings. The number of benzene rings is 7. The Labute approximate surface area is 297 Å². The van der Waals surface area contributed by atoms with Crippen LogP contribution in [0.1, 0.15) is 36.1 Å². The van der Waals surface area contributed by atoms with E-state index >= 15 is 0 Å². The van der Waals surface area contributed by atoms with Crippen LogP contribution in [-0.2, 0) is 12.8 Å². The molecular weight excluding hydrogens is 605 g/mol. The van der Waals surface area contributed by atoms with Gasteiger partial charge in [0.05, 0.1) is 11.4 Å². The van der Waals surface area contributed by atoms with E-state index in [1.807, 2.05) is 0 Å². The SMILES string of the molecule is CCc1cccc(C)c1N(c1ccccc1)c1ccc(-c2ccc(-c3ccc(N(c4ccccc4)c4c(C)cccc4CC)cc3)cc2)cc1. The average molecular weight is 649 g/mol. The molecule has 0 radical (unpaired) electrons. The van der Waals surface area contributed by atoms with Gasteiger partial charge in [0.1, 0.15) is 0 Å². The van der Waals surface area contributed by atoms with Crippen LogP contribution in [-0.4, -0.2) is 0 Å². The highest BCUT2D eigenvalue weighted by atomic mass is 15.2. The van der Waals surface area contributed by atoms with Crippen molar-refractivity contribution in [3.05, 3.63) is 192 Å². The van der Waals surface area contributed by atoms with Crippen molar-refractivity contribution in [3.8, 4) is 22.3 Å². The monoisotopic (exact) mass is 648 g/mol. The van der Waals surface area contributed by atoms with Crippen LogP contribution in [0.15, 0.2) is 170 Å². The zero-order valence-corrected chi connectivity index (χ0v) is 29.5. The van der Waals surface area contributed by atoms with Crippen molar-refractivity contribution in [1.29, 1.82) is 0 Å². The fraction of sp³-hybridized carbons (Fsp3) is 0.125. The predicted molar refractivity (Wildman–Crippen MR) is 215 cm³/mol. The van der Waals surface area contributed by atoms with Gasteiger partial charge in [-0.15, -0.1) is 0 Å². The first kappa shape index (κ1) is 32.7. The number of nitrogens with zero attached hydrogens (tertiary/aromatic N) is 2. The lowest BCUT2D eigenvalue weighted by Gasteiger charge is -2.29. The van der Waals surface area contributed by atoms with Gasteiger partial charge >= 0.3 is 0 Å². The van der Waals surface area contributed by atoms with E-state index < -0.39 is 0 Å². The standard InChI is InChI=1S/C48H44N2/c1-5-37-17-13-15-35(3)47(37)49(43-19-9-7-10-20-43)45-31-27-41(28-32-45)39-23-25-40(26-24-39)42-29-33-46(34-30-42)50(44-21-11-8-12-22-44)48-36(4)16-14-18-38(48)6-2/h7-34H,5-6H2,1-4H3. The van der Waals surface area contributed by atoms with Gasteiger partial charge in [-0.3, -0.25) is 0 Å². The van der Waals surface area contributed by atoms with E-state index in [1.165, 1.54) is 55.9 Å². The average Bonchev–Trinajstić information content (AvgIpc) is 3.18. The van der Waals surface area contributed by atoms with Crippen molar-refractivity contribution in [2.75, 3.05) is 9.80 Å². The Morgan fingerprint density at radius 1 is 0.320 bits per heavy atom. The van der Waals surface area contributed by atoms with Crippen LogP contribution in [0.3, 0.4) is 0 Å². The van der Waals surface area contributed by atoms with Gasteiger partial charge in [0.25, 0.3) is 0 Å². The topological polar surface area (TPSA) is 6.48 Å². The molecule has 0 heterocycles. The first-order valence-electron chi connectivity index (χ1n) is 17.7. The number of anilines is 6. The van der Waals surface area contributed by atoms with E-state index in [9.17, 15) is 0 Å². The third kappa shape index (κ3) is 6.58. The predicted octanol–water partition coefficient (Wildman–Crippen LogP) is 13.7. The van der Waals surface area contributed by atoms with E-state index in [0.29, 0.717) is 0 Å². The third-order valence-electron chi connectivity index (χ3n) is 9.68. The van der Waals surface area contributed by atoms with Crippen LogP contribution in [0.2, 0.25) is 0 Å². The summed E-state index contributed by atoms with van der Waals surface area (Å²) in [6, 6.07) is 61.5. The van der Waals surface area contributed by atoms with Gasteiger partial charge in [0.2, 0.25) is 0 Å². The first-order chi connectivity index (χ1) is 24.6. The summed E-state index contributed by atoms with van der Waals surface area (Å²) < 4.78 is 0. The molecule has 0 aromatic heterocycles. The maximum atomic E-state index is 2.39. The molecule has 50 heavy (non-hydrogen) atoms. The molecule has 246 valence electrons. The molecule has 0 aliphatic rings. The number of para-hydroxylation sites is 4. The molecule has 2 nitrogen and oxygen atoms in total. The second kappa shape index (κ2) is 14.7. The summed E-state index contributed by atoms with van der Waals surface area (Å²) >= 11 is 0. The smallest absolute Gasteiger partial charge is 0.0522 e. The van der Waals surface area contributed by atoms with E-state index in [1.54, 1.807) is 0 Å². The Morgan fingerprint density at radius 3 is 0.940 bits per heavy atom. The van der Waals surface area contributed by atoms with Gasteiger partial charge < -0.3 is 9.80 Å². The Morgan fingerprint density at radius 2 is 0.620 bits per heavy atom.